The van der Waals surface area contributed by atoms with Gasteiger partial charge in [-0.05, 0) is 56.8 Å². The van der Waals surface area contributed by atoms with E-state index in [0.717, 1.165) is 57.6 Å². The van der Waals surface area contributed by atoms with Crippen LogP contribution in [0.5, 0.6) is 0 Å². The average molecular weight is 369 g/mol. The van der Waals surface area contributed by atoms with Crippen LogP contribution in [0.25, 0.3) is 5.65 Å². The summed E-state index contributed by atoms with van der Waals surface area (Å²) in [6, 6.07) is 7.20. The molecule has 7 nitrogen and oxygen atoms in total. The van der Waals surface area contributed by atoms with Gasteiger partial charge < -0.3 is 10.6 Å². The van der Waals surface area contributed by atoms with Crippen LogP contribution >= 0.6 is 0 Å². The second-order valence-electron chi connectivity index (χ2n) is 7.65. The summed E-state index contributed by atoms with van der Waals surface area (Å²) in [4.78, 5) is 31.4. The van der Waals surface area contributed by atoms with E-state index in [2.05, 4.69) is 20.5 Å². The molecule has 1 amide bonds. The van der Waals surface area contributed by atoms with E-state index in [4.69, 9.17) is 0 Å². The molecule has 0 radical (unpaired) electrons. The molecule has 2 aromatic heterocycles. The molecule has 2 aliphatic heterocycles. The minimum atomic E-state index is -0.0412. The van der Waals surface area contributed by atoms with Gasteiger partial charge in [-0.3, -0.25) is 18.9 Å². The predicted octanol–water partition coefficient (Wildman–Crippen LogP) is 0.775. The maximum Gasteiger partial charge on any atom is 0.258 e. The quantitative estimate of drug-likeness (QED) is 0.814. The number of aromatic nitrogens is 2. The number of rotatable bonds is 5. The smallest absolute Gasteiger partial charge is 0.258 e. The van der Waals surface area contributed by atoms with Crippen LogP contribution in [0.3, 0.4) is 0 Å². The molecule has 0 aliphatic carbocycles. The topological polar surface area (TPSA) is 78.7 Å². The molecule has 2 aromatic rings. The SMILES string of the molecule is O=C(NCC1CCCN(Cc2cc(=O)n3ccccc3n2)C1)C1CCCN1. The molecule has 2 atom stereocenters. The van der Waals surface area contributed by atoms with Gasteiger partial charge in [-0.1, -0.05) is 6.07 Å². The molecule has 27 heavy (non-hydrogen) atoms. The molecule has 2 unspecified atom stereocenters. The van der Waals surface area contributed by atoms with E-state index in [9.17, 15) is 9.59 Å². The van der Waals surface area contributed by atoms with Crippen molar-refractivity contribution >= 4 is 11.6 Å². The lowest BCUT2D eigenvalue weighted by Crippen LogP contribution is -2.45. The van der Waals surface area contributed by atoms with Crippen LogP contribution in [0.15, 0.2) is 35.3 Å². The Labute approximate surface area is 158 Å². The lowest BCUT2D eigenvalue weighted by molar-refractivity contribution is -0.123. The van der Waals surface area contributed by atoms with Crippen LogP contribution in [0.4, 0.5) is 0 Å². The van der Waals surface area contributed by atoms with Crippen molar-refractivity contribution in [1.82, 2.24) is 24.9 Å². The Hall–Kier alpha value is -2.25. The van der Waals surface area contributed by atoms with Crippen LogP contribution in [-0.4, -0.2) is 52.4 Å². The highest BCUT2D eigenvalue weighted by Crippen LogP contribution is 2.18. The number of carbonyl (C=O) groups excluding carboxylic acids is 1. The first-order chi connectivity index (χ1) is 13.2. The third-order valence-corrected chi connectivity index (χ3v) is 5.55. The third-order valence-electron chi connectivity index (χ3n) is 5.55. The van der Waals surface area contributed by atoms with E-state index in [1.165, 1.54) is 0 Å². The normalized spacial score (nSPS) is 23.6. The minimum absolute atomic E-state index is 0.0144. The van der Waals surface area contributed by atoms with Gasteiger partial charge in [-0.25, -0.2) is 4.98 Å². The number of likely N-dealkylation sites (tertiary alicyclic amines) is 1. The Morgan fingerprint density at radius 3 is 3.07 bits per heavy atom. The molecule has 7 heteroatoms. The van der Waals surface area contributed by atoms with E-state index >= 15 is 0 Å². The standard InChI is InChI=1S/C20H27N5O2/c26-19-11-16(23-18-7-1-2-10-25(18)19)14-24-9-4-5-15(13-24)12-22-20(27)17-6-3-8-21-17/h1-2,7,10-11,15,17,21H,3-6,8-9,12-14H2,(H,22,27). The zero-order valence-electron chi connectivity index (χ0n) is 15.6. The minimum Gasteiger partial charge on any atom is -0.354 e. The largest absolute Gasteiger partial charge is 0.354 e. The number of pyridine rings is 1. The van der Waals surface area contributed by atoms with Crippen LogP contribution in [0, 0.1) is 5.92 Å². The van der Waals surface area contributed by atoms with Gasteiger partial charge in [0.15, 0.2) is 0 Å². The maximum absolute atomic E-state index is 12.3. The number of carbonyl (C=O) groups is 1. The fourth-order valence-corrected chi connectivity index (χ4v) is 4.15. The van der Waals surface area contributed by atoms with Crippen molar-refractivity contribution in [3.8, 4) is 0 Å². The Morgan fingerprint density at radius 2 is 2.22 bits per heavy atom. The highest BCUT2D eigenvalue weighted by molar-refractivity contribution is 5.81. The molecule has 2 N–H and O–H groups in total. The van der Waals surface area contributed by atoms with Gasteiger partial charge in [-0.2, -0.15) is 0 Å². The van der Waals surface area contributed by atoms with E-state index in [0.29, 0.717) is 18.1 Å². The summed E-state index contributed by atoms with van der Waals surface area (Å²) in [7, 11) is 0. The van der Waals surface area contributed by atoms with Crippen LogP contribution < -0.4 is 16.2 Å². The van der Waals surface area contributed by atoms with Gasteiger partial charge in [0.2, 0.25) is 5.91 Å². The Kier molecular flexibility index (Phi) is 5.50. The van der Waals surface area contributed by atoms with Gasteiger partial charge in [0.25, 0.3) is 5.56 Å². The maximum atomic E-state index is 12.3. The fourth-order valence-electron chi connectivity index (χ4n) is 4.15. The molecule has 4 rings (SSSR count). The first-order valence-electron chi connectivity index (χ1n) is 9.90. The van der Waals surface area contributed by atoms with E-state index in [-0.39, 0.29) is 17.5 Å². The number of nitrogens with one attached hydrogen (secondary N) is 2. The van der Waals surface area contributed by atoms with Crippen molar-refractivity contribution in [2.45, 2.75) is 38.3 Å². The second-order valence-corrected chi connectivity index (χ2v) is 7.65. The number of amides is 1. The second kappa shape index (κ2) is 8.19. The van der Waals surface area contributed by atoms with Crippen LogP contribution in [0.2, 0.25) is 0 Å². The van der Waals surface area contributed by atoms with Crippen LogP contribution in [0.1, 0.15) is 31.4 Å². The first kappa shape index (κ1) is 18.1. The summed E-state index contributed by atoms with van der Waals surface area (Å²) in [5.74, 6) is 0.583. The molecule has 2 aliphatic rings. The van der Waals surface area contributed by atoms with E-state index in [1.54, 1.807) is 16.7 Å². The van der Waals surface area contributed by atoms with Gasteiger partial charge in [0.1, 0.15) is 5.65 Å². The Bertz CT molecular complexity index is 859. The van der Waals surface area contributed by atoms with E-state index < -0.39 is 0 Å². The summed E-state index contributed by atoms with van der Waals surface area (Å²) in [5, 5.41) is 6.36. The average Bonchev–Trinajstić information content (AvgIpc) is 3.21. The van der Waals surface area contributed by atoms with Crippen molar-refractivity contribution in [1.29, 1.82) is 0 Å². The molecule has 2 saturated heterocycles. The predicted molar refractivity (Wildman–Crippen MR) is 103 cm³/mol. The van der Waals surface area contributed by atoms with Gasteiger partial charge >= 0.3 is 0 Å². The highest BCUT2D eigenvalue weighted by atomic mass is 16.2. The molecule has 2 fully saturated rings. The number of piperidine rings is 1. The summed E-state index contributed by atoms with van der Waals surface area (Å²) in [6.45, 7) is 4.27. The van der Waals surface area contributed by atoms with Gasteiger partial charge in [0.05, 0.1) is 11.7 Å². The van der Waals surface area contributed by atoms with Gasteiger partial charge in [-0.15, -0.1) is 0 Å². The van der Waals surface area contributed by atoms with Crippen molar-refractivity contribution in [3.05, 3.63) is 46.5 Å². The summed E-state index contributed by atoms with van der Waals surface area (Å²) >= 11 is 0. The molecular weight excluding hydrogens is 342 g/mol. The summed E-state index contributed by atoms with van der Waals surface area (Å²) < 4.78 is 1.56. The third kappa shape index (κ3) is 4.36. The van der Waals surface area contributed by atoms with E-state index in [1.807, 2.05) is 18.2 Å². The molecular formula is C20H27N5O2. The highest BCUT2D eigenvalue weighted by Gasteiger charge is 2.24. The van der Waals surface area contributed by atoms with Gasteiger partial charge in [0, 0.05) is 31.9 Å². The number of hydrogen-bond acceptors (Lipinski definition) is 5. The number of hydrogen-bond donors (Lipinski definition) is 2. The van der Waals surface area contributed by atoms with Crippen molar-refractivity contribution in [2.75, 3.05) is 26.2 Å². The molecule has 144 valence electrons. The monoisotopic (exact) mass is 369 g/mol. The Morgan fingerprint density at radius 1 is 1.30 bits per heavy atom. The lowest BCUT2D eigenvalue weighted by atomic mass is 9.97. The number of fused-ring (bicyclic) bond motifs is 1. The number of nitrogens with zero attached hydrogens (tertiary/aromatic N) is 3. The molecule has 0 spiro atoms. The van der Waals surface area contributed by atoms with Crippen LogP contribution in [-0.2, 0) is 11.3 Å². The van der Waals surface area contributed by atoms with Crippen molar-refractivity contribution in [2.24, 2.45) is 5.92 Å². The molecule has 0 saturated carbocycles. The molecule has 0 aromatic carbocycles. The lowest BCUT2D eigenvalue weighted by Gasteiger charge is -2.32. The summed E-state index contributed by atoms with van der Waals surface area (Å²) in [6.07, 6.45) is 5.99. The first-order valence-corrected chi connectivity index (χ1v) is 9.90. The Balaban J connectivity index is 1.34. The summed E-state index contributed by atoms with van der Waals surface area (Å²) in [5.41, 5.74) is 1.46. The molecule has 0 bridgehead atoms. The van der Waals surface area contributed by atoms with Crippen molar-refractivity contribution in [3.63, 3.8) is 0 Å². The van der Waals surface area contributed by atoms with Crippen molar-refractivity contribution < 1.29 is 4.79 Å². The zero-order valence-corrected chi connectivity index (χ0v) is 15.6. The molecule has 4 heterocycles. The zero-order chi connectivity index (χ0) is 18.6. The fraction of sp³-hybridized carbons (Fsp3) is 0.550.